The number of hydrogen-bond donors (Lipinski definition) is 1. The summed E-state index contributed by atoms with van der Waals surface area (Å²) in [6.45, 7) is 7.18. The van der Waals surface area contributed by atoms with Gasteiger partial charge in [0.25, 0.3) is 0 Å². The molecule has 0 aromatic heterocycles. The number of amides is 3. The molecule has 1 rings (SSSR count). The Morgan fingerprint density at radius 1 is 1.10 bits per heavy atom. The van der Waals surface area contributed by atoms with Crippen LogP contribution in [0.3, 0.4) is 0 Å². The van der Waals surface area contributed by atoms with E-state index in [-0.39, 0.29) is 61.3 Å². The van der Waals surface area contributed by atoms with Crippen LogP contribution < -0.4 is 5.32 Å². The van der Waals surface area contributed by atoms with E-state index in [1.165, 1.54) is 11.8 Å². The van der Waals surface area contributed by atoms with Crippen LogP contribution in [0.5, 0.6) is 0 Å². The van der Waals surface area contributed by atoms with Crippen LogP contribution in [0.4, 0.5) is 0 Å². The molecule has 0 aromatic carbocycles. The summed E-state index contributed by atoms with van der Waals surface area (Å²) in [6.07, 6.45) is 4.26. The summed E-state index contributed by atoms with van der Waals surface area (Å²) >= 11 is 0. The third-order valence-electron chi connectivity index (χ3n) is 4.98. The Balaban J connectivity index is 2.25. The van der Waals surface area contributed by atoms with Crippen LogP contribution in [0, 0.1) is 11.8 Å². The van der Waals surface area contributed by atoms with Crippen molar-refractivity contribution in [3.63, 3.8) is 0 Å². The Kier molecular flexibility index (Phi) is 12.4. The van der Waals surface area contributed by atoms with Crippen molar-refractivity contribution in [2.24, 2.45) is 11.8 Å². The van der Waals surface area contributed by atoms with Crippen LogP contribution in [-0.2, 0) is 28.7 Å². The predicted octanol–water partition coefficient (Wildman–Crippen LogP) is 1.71. The van der Waals surface area contributed by atoms with Crippen LogP contribution in [0.15, 0.2) is 0 Å². The van der Waals surface area contributed by atoms with Crippen molar-refractivity contribution >= 4 is 23.5 Å². The normalized spacial score (nSPS) is 16.7. The summed E-state index contributed by atoms with van der Waals surface area (Å²) in [4.78, 5) is 48.9. The second-order valence-corrected chi connectivity index (χ2v) is 7.50. The lowest BCUT2D eigenvalue weighted by atomic mass is 9.84. The fraction of sp³-hybridized carbons (Fsp3) is 0.810. The highest BCUT2D eigenvalue weighted by molar-refractivity contribution is 6.03. The first kappa shape index (κ1) is 25.2. The molecule has 1 fully saturated rings. The van der Waals surface area contributed by atoms with Gasteiger partial charge in [-0.05, 0) is 25.7 Å². The molecule has 0 bridgehead atoms. The molecule has 0 radical (unpaired) electrons. The number of ketones is 1. The van der Waals surface area contributed by atoms with E-state index < -0.39 is 0 Å². The second-order valence-electron chi connectivity index (χ2n) is 7.50. The fourth-order valence-electron chi connectivity index (χ4n) is 3.60. The summed E-state index contributed by atoms with van der Waals surface area (Å²) in [5.74, 6) is -0.530. The van der Waals surface area contributed by atoms with E-state index in [9.17, 15) is 19.2 Å². The minimum absolute atomic E-state index is 0.0372. The van der Waals surface area contributed by atoms with Gasteiger partial charge in [0, 0.05) is 25.9 Å². The average Bonchev–Trinajstić information content (AvgIpc) is 2.95. The second kappa shape index (κ2) is 14.2. The summed E-state index contributed by atoms with van der Waals surface area (Å²) in [5, 5.41) is 2.71. The zero-order chi connectivity index (χ0) is 21.6. The predicted molar refractivity (Wildman–Crippen MR) is 108 cm³/mol. The van der Waals surface area contributed by atoms with Gasteiger partial charge in [0.05, 0.1) is 25.7 Å². The number of imide groups is 1. The van der Waals surface area contributed by atoms with Crippen LogP contribution in [0.2, 0.25) is 0 Å². The van der Waals surface area contributed by atoms with Crippen molar-refractivity contribution in [2.75, 3.05) is 39.5 Å². The smallest absolute Gasteiger partial charge is 0.233 e. The monoisotopic (exact) mass is 412 g/mol. The molecule has 29 heavy (non-hydrogen) atoms. The molecular weight excluding hydrogens is 376 g/mol. The van der Waals surface area contributed by atoms with Crippen molar-refractivity contribution in [3.8, 4) is 0 Å². The minimum Gasteiger partial charge on any atom is -0.377 e. The fourth-order valence-corrected chi connectivity index (χ4v) is 3.60. The Hall–Kier alpha value is -1.80. The van der Waals surface area contributed by atoms with Gasteiger partial charge in [0.1, 0.15) is 6.61 Å². The molecule has 1 heterocycles. The summed E-state index contributed by atoms with van der Waals surface area (Å²) in [7, 11) is 0. The van der Waals surface area contributed by atoms with E-state index in [1.807, 2.05) is 0 Å². The van der Waals surface area contributed by atoms with Crippen LogP contribution in [0.1, 0.15) is 59.3 Å². The van der Waals surface area contributed by atoms with E-state index in [4.69, 9.17) is 9.47 Å². The highest BCUT2D eigenvalue weighted by atomic mass is 16.5. The number of rotatable bonds is 16. The summed E-state index contributed by atoms with van der Waals surface area (Å²) in [6, 6.07) is 0. The van der Waals surface area contributed by atoms with Gasteiger partial charge >= 0.3 is 0 Å². The molecule has 1 atom stereocenters. The van der Waals surface area contributed by atoms with E-state index in [1.54, 1.807) is 0 Å². The maximum absolute atomic E-state index is 12.7. The van der Waals surface area contributed by atoms with Crippen molar-refractivity contribution in [3.05, 3.63) is 0 Å². The van der Waals surface area contributed by atoms with Gasteiger partial charge in [-0.25, -0.2) is 0 Å². The van der Waals surface area contributed by atoms with Crippen molar-refractivity contribution in [2.45, 2.75) is 59.3 Å². The zero-order valence-corrected chi connectivity index (χ0v) is 18.0. The molecule has 1 saturated heterocycles. The van der Waals surface area contributed by atoms with E-state index in [2.05, 4.69) is 19.2 Å². The van der Waals surface area contributed by atoms with Gasteiger partial charge in [-0.2, -0.15) is 0 Å². The molecule has 0 aliphatic carbocycles. The number of carbonyl (C=O) groups excluding carboxylic acids is 4. The molecule has 1 aliphatic rings. The van der Waals surface area contributed by atoms with Crippen molar-refractivity contribution in [1.29, 1.82) is 0 Å². The number of nitrogens with one attached hydrogen (secondary N) is 1. The highest BCUT2D eigenvalue weighted by Gasteiger charge is 2.41. The third-order valence-corrected chi connectivity index (χ3v) is 4.98. The first-order valence-electron chi connectivity index (χ1n) is 10.7. The molecular formula is C21H36N2O6. The lowest BCUT2D eigenvalue weighted by Gasteiger charge is -2.21. The molecule has 0 aromatic rings. The molecule has 8 nitrogen and oxygen atoms in total. The van der Waals surface area contributed by atoms with Crippen LogP contribution in [0.25, 0.3) is 0 Å². The molecule has 3 amide bonds. The Labute approximate surface area is 173 Å². The number of hydrogen-bond acceptors (Lipinski definition) is 6. The SMILES string of the molecule is CCCC(CCC)C1CC(=O)N(CCC(=O)NCCOCCOCC(C)=O)C1=O. The molecule has 1 aliphatic heterocycles. The maximum Gasteiger partial charge on any atom is 0.233 e. The lowest BCUT2D eigenvalue weighted by molar-refractivity contribution is -0.140. The van der Waals surface area contributed by atoms with E-state index >= 15 is 0 Å². The van der Waals surface area contributed by atoms with Gasteiger partial charge in [0.2, 0.25) is 17.7 Å². The van der Waals surface area contributed by atoms with Gasteiger partial charge in [-0.3, -0.25) is 24.1 Å². The highest BCUT2D eigenvalue weighted by Crippen LogP contribution is 2.32. The molecule has 1 unspecified atom stereocenters. The largest absolute Gasteiger partial charge is 0.377 e. The number of nitrogens with zero attached hydrogens (tertiary/aromatic N) is 1. The number of carbonyl (C=O) groups is 4. The quantitative estimate of drug-likeness (QED) is 0.306. The van der Waals surface area contributed by atoms with Crippen LogP contribution >= 0.6 is 0 Å². The third kappa shape index (κ3) is 9.49. The number of likely N-dealkylation sites (tertiary alicyclic amines) is 1. The maximum atomic E-state index is 12.7. The number of Topliss-reactive ketones (excluding diaryl/α,β-unsaturated/α-hetero) is 1. The van der Waals surface area contributed by atoms with Gasteiger partial charge in [0.15, 0.2) is 5.78 Å². The molecule has 1 N–H and O–H groups in total. The Morgan fingerprint density at radius 3 is 2.38 bits per heavy atom. The summed E-state index contributed by atoms with van der Waals surface area (Å²) in [5.41, 5.74) is 0. The summed E-state index contributed by atoms with van der Waals surface area (Å²) < 4.78 is 10.4. The Bertz CT molecular complexity index is 545. The molecule has 0 saturated carbocycles. The van der Waals surface area contributed by atoms with Gasteiger partial charge in [-0.15, -0.1) is 0 Å². The first-order valence-corrected chi connectivity index (χ1v) is 10.7. The van der Waals surface area contributed by atoms with Crippen molar-refractivity contribution < 1.29 is 28.7 Å². The van der Waals surface area contributed by atoms with E-state index in [0.29, 0.717) is 26.4 Å². The topological polar surface area (TPSA) is 102 Å². The zero-order valence-electron chi connectivity index (χ0n) is 18.0. The van der Waals surface area contributed by atoms with E-state index in [0.717, 1.165) is 25.7 Å². The van der Waals surface area contributed by atoms with Gasteiger partial charge in [-0.1, -0.05) is 26.7 Å². The average molecular weight is 413 g/mol. The first-order chi connectivity index (χ1) is 13.9. The minimum atomic E-state index is -0.232. The lowest BCUT2D eigenvalue weighted by Crippen LogP contribution is -2.36. The Morgan fingerprint density at radius 2 is 1.76 bits per heavy atom. The van der Waals surface area contributed by atoms with Crippen molar-refractivity contribution in [1.82, 2.24) is 10.2 Å². The van der Waals surface area contributed by atoms with Crippen LogP contribution in [-0.4, -0.2) is 67.9 Å². The molecule has 8 heteroatoms. The standard InChI is InChI=1S/C21H36N2O6/c1-4-6-17(7-5-2)18-14-20(26)23(21(18)27)10-8-19(25)22-9-11-28-12-13-29-15-16(3)24/h17-18H,4-15H2,1-3H3,(H,22,25). The molecule has 0 spiro atoms. The van der Waals surface area contributed by atoms with Gasteiger partial charge < -0.3 is 14.8 Å². The number of ether oxygens (including phenoxy) is 2. The molecule has 166 valence electrons.